The Morgan fingerprint density at radius 1 is 0.971 bits per heavy atom. The highest BCUT2D eigenvalue weighted by Crippen LogP contribution is 2.22. The van der Waals surface area contributed by atoms with Gasteiger partial charge in [0.2, 0.25) is 15.9 Å². The molecule has 0 aliphatic carbocycles. The van der Waals surface area contributed by atoms with Gasteiger partial charge in [-0.2, -0.15) is 4.31 Å². The van der Waals surface area contributed by atoms with Crippen LogP contribution in [-0.4, -0.2) is 47.3 Å². The summed E-state index contributed by atoms with van der Waals surface area (Å²) in [6, 6.07) is 14.0. The van der Waals surface area contributed by atoms with E-state index >= 15 is 0 Å². The van der Waals surface area contributed by atoms with Gasteiger partial charge in [0.1, 0.15) is 0 Å². The average molecular weight is 482 g/mol. The number of rotatable bonds is 8. The van der Waals surface area contributed by atoms with Gasteiger partial charge in [0.25, 0.3) is 0 Å². The van der Waals surface area contributed by atoms with Crippen LogP contribution < -0.4 is 10.6 Å². The number of anilines is 1. The summed E-state index contributed by atoms with van der Waals surface area (Å²) in [6.45, 7) is 4.94. The van der Waals surface area contributed by atoms with Crippen LogP contribution in [0.3, 0.4) is 0 Å². The lowest BCUT2D eigenvalue weighted by molar-refractivity contribution is -0.117. The van der Waals surface area contributed by atoms with E-state index in [4.69, 9.17) is 0 Å². The van der Waals surface area contributed by atoms with Crippen LogP contribution in [0.4, 0.5) is 5.69 Å². The zero-order valence-corrected chi connectivity index (χ0v) is 20.3. The first-order valence-electron chi connectivity index (χ1n) is 11.6. The number of imidazole rings is 1. The molecule has 2 heterocycles. The van der Waals surface area contributed by atoms with E-state index in [0.717, 1.165) is 30.5 Å². The maximum atomic E-state index is 12.8. The molecule has 0 bridgehead atoms. The van der Waals surface area contributed by atoms with Gasteiger partial charge in [0.15, 0.2) is 0 Å². The summed E-state index contributed by atoms with van der Waals surface area (Å²) in [7, 11) is -3.48. The standard InChI is InChI=1S/C25H31N5O3S/c1-19(21-6-10-23(11-7-21)29-17-14-26-18-29)27-20(2)25(31)28-22-8-12-24(13-9-22)34(32,33)30-15-4-3-5-16-30/h6-14,17-20,27H,3-5,15-16H2,1-2H3,(H,28,31). The molecule has 2 aromatic carbocycles. The van der Waals surface area contributed by atoms with E-state index in [0.29, 0.717) is 18.8 Å². The van der Waals surface area contributed by atoms with Crippen LogP contribution in [0, 0.1) is 0 Å². The number of nitrogens with one attached hydrogen (secondary N) is 2. The number of hydrogen-bond acceptors (Lipinski definition) is 5. The number of piperidine rings is 1. The topological polar surface area (TPSA) is 96.3 Å². The monoisotopic (exact) mass is 481 g/mol. The maximum Gasteiger partial charge on any atom is 0.243 e. The van der Waals surface area contributed by atoms with Gasteiger partial charge in [-0.25, -0.2) is 13.4 Å². The Kier molecular flexibility index (Phi) is 7.45. The second-order valence-corrected chi connectivity index (χ2v) is 10.6. The van der Waals surface area contributed by atoms with Gasteiger partial charge in [0, 0.05) is 42.9 Å². The number of carbonyl (C=O) groups is 1. The van der Waals surface area contributed by atoms with E-state index in [-0.39, 0.29) is 16.8 Å². The van der Waals surface area contributed by atoms with Crippen molar-refractivity contribution in [3.63, 3.8) is 0 Å². The molecule has 1 amide bonds. The Labute approximate surface area is 201 Å². The van der Waals surface area contributed by atoms with Gasteiger partial charge in [-0.1, -0.05) is 18.6 Å². The lowest BCUT2D eigenvalue weighted by atomic mass is 10.1. The summed E-state index contributed by atoms with van der Waals surface area (Å²) >= 11 is 0. The van der Waals surface area contributed by atoms with Crippen LogP contribution in [0.15, 0.2) is 72.1 Å². The highest BCUT2D eigenvalue weighted by molar-refractivity contribution is 7.89. The molecule has 1 aliphatic rings. The minimum absolute atomic E-state index is 0.0327. The van der Waals surface area contributed by atoms with E-state index in [1.807, 2.05) is 42.0 Å². The third-order valence-electron chi connectivity index (χ3n) is 6.16. The van der Waals surface area contributed by atoms with E-state index < -0.39 is 16.1 Å². The van der Waals surface area contributed by atoms with E-state index in [2.05, 4.69) is 15.6 Å². The molecule has 8 nitrogen and oxygen atoms in total. The smallest absolute Gasteiger partial charge is 0.243 e. The first-order chi connectivity index (χ1) is 16.3. The second-order valence-electron chi connectivity index (χ2n) is 8.65. The van der Waals surface area contributed by atoms with E-state index in [1.54, 1.807) is 48.0 Å². The summed E-state index contributed by atoms with van der Waals surface area (Å²) in [6.07, 6.45) is 8.23. The SMILES string of the molecule is CC(NC(C)c1ccc(-n2ccnc2)cc1)C(=O)Nc1ccc(S(=O)(=O)N2CCCCC2)cc1. The molecular weight excluding hydrogens is 450 g/mol. The molecule has 2 N–H and O–H groups in total. The number of benzene rings is 2. The van der Waals surface area contributed by atoms with Gasteiger partial charge < -0.3 is 9.88 Å². The molecule has 0 spiro atoms. The van der Waals surface area contributed by atoms with Crippen molar-refractivity contribution in [1.82, 2.24) is 19.2 Å². The minimum Gasteiger partial charge on any atom is -0.325 e. The largest absolute Gasteiger partial charge is 0.325 e. The molecule has 1 saturated heterocycles. The van der Waals surface area contributed by atoms with Crippen molar-refractivity contribution in [3.8, 4) is 5.69 Å². The van der Waals surface area contributed by atoms with Crippen molar-refractivity contribution in [3.05, 3.63) is 72.8 Å². The zero-order chi connectivity index (χ0) is 24.1. The number of aromatic nitrogens is 2. The normalized spacial score (nSPS) is 16.6. The molecule has 2 atom stereocenters. The first kappa shape index (κ1) is 24.1. The number of amides is 1. The summed E-state index contributed by atoms with van der Waals surface area (Å²) in [5.41, 5.74) is 2.65. The number of sulfonamides is 1. The van der Waals surface area contributed by atoms with Gasteiger partial charge in [0.05, 0.1) is 17.3 Å². The fourth-order valence-corrected chi connectivity index (χ4v) is 5.63. The number of carbonyl (C=O) groups excluding carboxylic acids is 1. The molecule has 34 heavy (non-hydrogen) atoms. The van der Waals surface area contributed by atoms with Crippen LogP contribution in [-0.2, 0) is 14.8 Å². The summed E-state index contributed by atoms with van der Waals surface area (Å²) in [4.78, 5) is 17.0. The molecule has 0 saturated carbocycles. The highest BCUT2D eigenvalue weighted by Gasteiger charge is 2.26. The quantitative estimate of drug-likeness (QED) is 0.511. The molecule has 180 valence electrons. The molecule has 1 aromatic heterocycles. The van der Waals surface area contributed by atoms with Gasteiger partial charge in [-0.15, -0.1) is 0 Å². The lowest BCUT2D eigenvalue weighted by Gasteiger charge is -2.26. The first-order valence-corrected chi connectivity index (χ1v) is 13.0. The summed E-state index contributed by atoms with van der Waals surface area (Å²) in [5.74, 6) is -0.187. The lowest BCUT2D eigenvalue weighted by Crippen LogP contribution is -2.39. The van der Waals surface area contributed by atoms with Gasteiger partial charge in [-0.3, -0.25) is 10.1 Å². The average Bonchev–Trinajstić information content (AvgIpc) is 3.40. The van der Waals surface area contributed by atoms with Crippen molar-refractivity contribution in [2.75, 3.05) is 18.4 Å². The summed E-state index contributed by atoms with van der Waals surface area (Å²) in [5, 5.41) is 6.18. The minimum atomic E-state index is -3.48. The maximum absolute atomic E-state index is 12.8. The van der Waals surface area contributed by atoms with Crippen LogP contribution in [0.2, 0.25) is 0 Å². The zero-order valence-electron chi connectivity index (χ0n) is 19.5. The molecule has 2 unspecified atom stereocenters. The Morgan fingerprint density at radius 3 is 2.26 bits per heavy atom. The van der Waals surface area contributed by atoms with Gasteiger partial charge >= 0.3 is 0 Å². The van der Waals surface area contributed by atoms with Gasteiger partial charge in [-0.05, 0) is 68.7 Å². The molecule has 1 aliphatic heterocycles. The third kappa shape index (κ3) is 5.55. The molecule has 1 fully saturated rings. The number of nitrogens with zero attached hydrogens (tertiary/aromatic N) is 3. The Morgan fingerprint density at radius 2 is 1.65 bits per heavy atom. The van der Waals surface area contributed by atoms with Crippen LogP contribution in [0.5, 0.6) is 0 Å². The highest BCUT2D eigenvalue weighted by atomic mass is 32.2. The predicted molar refractivity (Wildman–Crippen MR) is 132 cm³/mol. The van der Waals surface area contributed by atoms with Crippen LogP contribution in [0.25, 0.3) is 5.69 Å². The van der Waals surface area contributed by atoms with Crippen molar-refractivity contribution in [2.45, 2.75) is 50.1 Å². The van der Waals surface area contributed by atoms with Crippen molar-refractivity contribution < 1.29 is 13.2 Å². The fraction of sp³-hybridized carbons (Fsp3) is 0.360. The fourth-order valence-electron chi connectivity index (χ4n) is 4.11. The number of hydrogen-bond donors (Lipinski definition) is 2. The molecule has 9 heteroatoms. The Bertz CT molecular complexity index is 1190. The van der Waals surface area contributed by atoms with Crippen molar-refractivity contribution in [2.24, 2.45) is 0 Å². The molecule has 3 aromatic rings. The molecule has 4 rings (SSSR count). The van der Waals surface area contributed by atoms with Crippen LogP contribution in [0.1, 0.15) is 44.7 Å². The van der Waals surface area contributed by atoms with Crippen LogP contribution >= 0.6 is 0 Å². The molecular formula is C25H31N5O3S. The Balaban J connectivity index is 1.33. The molecule has 0 radical (unpaired) electrons. The second kappa shape index (κ2) is 10.5. The van der Waals surface area contributed by atoms with E-state index in [9.17, 15) is 13.2 Å². The van der Waals surface area contributed by atoms with Crippen molar-refractivity contribution in [1.29, 1.82) is 0 Å². The predicted octanol–water partition coefficient (Wildman–Crippen LogP) is 3.72. The third-order valence-corrected chi connectivity index (χ3v) is 8.08. The Hall–Kier alpha value is -3.01. The summed E-state index contributed by atoms with van der Waals surface area (Å²) < 4.78 is 29.1. The van der Waals surface area contributed by atoms with Crippen molar-refractivity contribution >= 4 is 21.6 Å². The van der Waals surface area contributed by atoms with E-state index in [1.165, 1.54) is 0 Å².